The molecule has 126 valence electrons. The van der Waals surface area contributed by atoms with Crippen molar-refractivity contribution >= 4 is 17.7 Å². The minimum atomic E-state index is -0.314. The average molecular weight is 345 g/mol. The molecule has 0 saturated carbocycles. The van der Waals surface area contributed by atoms with Crippen LogP contribution in [0.2, 0.25) is 0 Å². The lowest BCUT2D eigenvalue weighted by Gasteiger charge is -2.19. The maximum Gasteiger partial charge on any atom is 0.337 e. The summed E-state index contributed by atoms with van der Waals surface area (Å²) in [5.41, 5.74) is 2.71. The number of methoxy groups -OCH3 is 2. The second-order valence-electron chi connectivity index (χ2n) is 5.42. The van der Waals surface area contributed by atoms with Crippen LogP contribution in [0.5, 0.6) is 6.01 Å². The number of esters is 1. The molecule has 0 bridgehead atoms. The Bertz CT molecular complexity index is 722. The van der Waals surface area contributed by atoms with Crippen LogP contribution in [0.3, 0.4) is 0 Å². The molecule has 3 rings (SSSR count). The van der Waals surface area contributed by atoms with Crippen LogP contribution >= 0.6 is 11.8 Å². The standard InChI is InChI=1S/C17H19N3O3S/c1-22-16(21)13-5-3-12(4-6-13)10-20-7-8-24-15-9-18-17(23-2)19-14(15)11-20/h3-6,9H,7-8,10-11H2,1-2H3. The van der Waals surface area contributed by atoms with Crippen molar-refractivity contribution in [3.63, 3.8) is 0 Å². The molecule has 0 atom stereocenters. The van der Waals surface area contributed by atoms with Crippen molar-refractivity contribution in [3.05, 3.63) is 47.3 Å². The summed E-state index contributed by atoms with van der Waals surface area (Å²) >= 11 is 1.77. The monoisotopic (exact) mass is 345 g/mol. The summed E-state index contributed by atoms with van der Waals surface area (Å²) in [4.78, 5) is 23.6. The Labute approximate surface area is 145 Å². The van der Waals surface area contributed by atoms with Gasteiger partial charge in [0.05, 0.1) is 25.5 Å². The van der Waals surface area contributed by atoms with Gasteiger partial charge in [0.25, 0.3) is 0 Å². The van der Waals surface area contributed by atoms with Crippen molar-refractivity contribution < 1.29 is 14.3 Å². The highest BCUT2D eigenvalue weighted by Gasteiger charge is 2.18. The molecule has 0 amide bonds. The third-order valence-electron chi connectivity index (χ3n) is 3.81. The van der Waals surface area contributed by atoms with E-state index in [9.17, 15) is 4.79 Å². The maximum absolute atomic E-state index is 11.5. The van der Waals surface area contributed by atoms with E-state index in [1.165, 1.54) is 7.11 Å². The second kappa shape index (κ2) is 7.63. The van der Waals surface area contributed by atoms with Crippen molar-refractivity contribution in [2.24, 2.45) is 0 Å². The molecule has 0 fully saturated rings. The number of carbonyl (C=O) groups is 1. The third kappa shape index (κ3) is 3.85. The van der Waals surface area contributed by atoms with E-state index < -0.39 is 0 Å². The molecule has 0 aliphatic carbocycles. The molecule has 2 heterocycles. The third-order valence-corrected chi connectivity index (χ3v) is 4.85. The number of nitrogens with zero attached hydrogens (tertiary/aromatic N) is 3. The van der Waals surface area contributed by atoms with Crippen LogP contribution in [0.15, 0.2) is 35.4 Å². The number of hydrogen-bond acceptors (Lipinski definition) is 7. The average Bonchev–Trinajstić information content (AvgIpc) is 2.82. The van der Waals surface area contributed by atoms with Gasteiger partial charge < -0.3 is 9.47 Å². The number of aromatic nitrogens is 2. The first-order chi connectivity index (χ1) is 11.7. The van der Waals surface area contributed by atoms with Gasteiger partial charge in [-0.25, -0.2) is 9.78 Å². The van der Waals surface area contributed by atoms with Gasteiger partial charge in [-0.1, -0.05) is 12.1 Å². The number of benzene rings is 1. The van der Waals surface area contributed by atoms with Gasteiger partial charge in [-0.15, -0.1) is 11.8 Å². The van der Waals surface area contributed by atoms with Crippen LogP contribution in [-0.2, 0) is 17.8 Å². The Hall–Kier alpha value is -2.12. The fraction of sp³-hybridized carbons (Fsp3) is 0.353. The Morgan fingerprint density at radius 3 is 2.79 bits per heavy atom. The number of fused-ring (bicyclic) bond motifs is 1. The molecule has 6 nitrogen and oxygen atoms in total. The van der Waals surface area contributed by atoms with Gasteiger partial charge in [-0.2, -0.15) is 4.98 Å². The highest BCUT2D eigenvalue weighted by molar-refractivity contribution is 7.99. The van der Waals surface area contributed by atoms with Gasteiger partial charge in [0.15, 0.2) is 0 Å². The van der Waals surface area contributed by atoms with Crippen LogP contribution < -0.4 is 4.74 Å². The second-order valence-corrected chi connectivity index (χ2v) is 6.55. The number of rotatable bonds is 4. The molecule has 1 aliphatic rings. The summed E-state index contributed by atoms with van der Waals surface area (Å²) in [6.07, 6.45) is 1.83. The molecular formula is C17H19N3O3S. The van der Waals surface area contributed by atoms with E-state index in [2.05, 4.69) is 14.9 Å². The summed E-state index contributed by atoms with van der Waals surface area (Å²) in [6, 6.07) is 7.93. The SMILES string of the molecule is COC(=O)c1ccc(CN2CCSc3cnc(OC)nc3C2)cc1. The lowest BCUT2D eigenvalue weighted by molar-refractivity contribution is 0.0600. The lowest BCUT2D eigenvalue weighted by Crippen LogP contribution is -2.24. The van der Waals surface area contributed by atoms with Crippen molar-refractivity contribution in [2.75, 3.05) is 26.5 Å². The first-order valence-corrected chi connectivity index (χ1v) is 8.60. The zero-order valence-corrected chi connectivity index (χ0v) is 14.5. The lowest BCUT2D eigenvalue weighted by atomic mass is 10.1. The number of carbonyl (C=O) groups excluding carboxylic acids is 1. The molecule has 24 heavy (non-hydrogen) atoms. The van der Waals surface area contributed by atoms with Crippen molar-refractivity contribution in [1.82, 2.24) is 14.9 Å². The summed E-state index contributed by atoms with van der Waals surface area (Å²) < 4.78 is 9.85. The Kier molecular flexibility index (Phi) is 5.32. The van der Waals surface area contributed by atoms with E-state index >= 15 is 0 Å². The van der Waals surface area contributed by atoms with E-state index in [-0.39, 0.29) is 5.97 Å². The van der Waals surface area contributed by atoms with Crippen molar-refractivity contribution in [2.45, 2.75) is 18.0 Å². The zero-order chi connectivity index (χ0) is 16.9. The van der Waals surface area contributed by atoms with Crippen LogP contribution in [0.25, 0.3) is 0 Å². The topological polar surface area (TPSA) is 64.5 Å². The molecular weight excluding hydrogens is 326 g/mol. The summed E-state index contributed by atoms with van der Waals surface area (Å²) in [7, 11) is 2.96. The van der Waals surface area contributed by atoms with Gasteiger partial charge in [-0.05, 0) is 17.7 Å². The van der Waals surface area contributed by atoms with E-state index in [0.717, 1.165) is 41.5 Å². The maximum atomic E-state index is 11.5. The van der Waals surface area contributed by atoms with Gasteiger partial charge in [0, 0.05) is 36.5 Å². The van der Waals surface area contributed by atoms with Crippen LogP contribution in [0.4, 0.5) is 0 Å². The molecule has 0 unspecified atom stereocenters. The molecule has 2 aromatic rings. The van der Waals surface area contributed by atoms with Crippen molar-refractivity contribution in [3.8, 4) is 6.01 Å². The summed E-state index contributed by atoms with van der Waals surface area (Å²) in [5.74, 6) is 0.675. The smallest absolute Gasteiger partial charge is 0.337 e. The van der Waals surface area contributed by atoms with Gasteiger partial charge in [0.2, 0.25) is 0 Å². The van der Waals surface area contributed by atoms with Gasteiger partial charge in [0.1, 0.15) is 0 Å². The summed E-state index contributed by atoms with van der Waals surface area (Å²) in [6.45, 7) is 2.51. The van der Waals surface area contributed by atoms with Crippen LogP contribution in [0.1, 0.15) is 21.6 Å². The number of hydrogen-bond donors (Lipinski definition) is 0. The van der Waals surface area contributed by atoms with Crippen LogP contribution in [-0.4, -0.2) is 47.4 Å². The molecule has 0 spiro atoms. The predicted octanol–water partition coefficient (Wildman–Crippen LogP) is 2.38. The van der Waals surface area contributed by atoms with E-state index in [1.807, 2.05) is 18.3 Å². The number of thioether (sulfide) groups is 1. The Balaban J connectivity index is 1.72. The quantitative estimate of drug-likeness (QED) is 0.788. The normalized spacial score (nSPS) is 14.6. The fourth-order valence-electron chi connectivity index (χ4n) is 2.55. The van der Waals surface area contributed by atoms with E-state index in [1.54, 1.807) is 31.0 Å². The molecule has 1 aromatic heterocycles. The Morgan fingerprint density at radius 2 is 2.08 bits per heavy atom. The molecule has 0 N–H and O–H groups in total. The molecule has 7 heteroatoms. The van der Waals surface area contributed by atoms with E-state index in [4.69, 9.17) is 9.47 Å². The highest BCUT2D eigenvalue weighted by atomic mass is 32.2. The first kappa shape index (κ1) is 16.7. The molecule has 0 saturated heterocycles. The minimum absolute atomic E-state index is 0.314. The highest BCUT2D eigenvalue weighted by Crippen LogP contribution is 2.27. The Morgan fingerprint density at radius 1 is 1.29 bits per heavy atom. The first-order valence-electron chi connectivity index (χ1n) is 7.62. The minimum Gasteiger partial charge on any atom is -0.467 e. The van der Waals surface area contributed by atoms with E-state index in [0.29, 0.717) is 11.6 Å². The number of ether oxygens (including phenoxy) is 2. The van der Waals surface area contributed by atoms with Gasteiger partial charge >= 0.3 is 12.0 Å². The molecule has 1 aliphatic heterocycles. The molecule has 0 radical (unpaired) electrons. The zero-order valence-electron chi connectivity index (χ0n) is 13.7. The van der Waals surface area contributed by atoms with Gasteiger partial charge in [-0.3, -0.25) is 4.90 Å². The fourth-order valence-corrected chi connectivity index (χ4v) is 3.53. The largest absolute Gasteiger partial charge is 0.467 e. The predicted molar refractivity (Wildman–Crippen MR) is 91.2 cm³/mol. The molecule has 1 aromatic carbocycles. The summed E-state index contributed by atoms with van der Waals surface area (Å²) in [5, 5.41) is 0. The van der Waals surface area contributed by atoms with Crippen molar-refractivity contribution in [1.29, 1.82) is 0 Å². The van der Waals surface area contributed by atoms with Crippen LogP contribution in [0, 0.1) is 0 Å².